The van der Waals surface area contributed by atoms with E-state index in [1.807, 2.05) is 17.0 Å². The summed E-state index contributed by atoms with van der Waals surface area (Å²) in [6.07, 6.45) is 4.21. The van der Waals surface area contributed by atoms with E-state index >= 15 is 0 Å². The first-order chi connectivity index (χ1) is 13.6. The molecule has 3 aliphatic heterocycles. The highest BCUT2D eigenvalue weighted by Gasteiger charge is 2.35. The Morgan fingerprint density at radius 3 is 2.25 bits per heavy atom. The Hall–Kier alpha value is -1.63. The molecule has 3 saturated heterocycles. The Labute approximate surface area is 168 Å². The molecular weight excluding hydrogens is 352 g/mol. The number of aliphatic hydroxyl groups is 1. The molecule has 1 N–H and O–H groups in total. The average molecular weight is 387 g/mol. The molecule has 1 amide bonds. The van der Waals surface area contributed by atoms with E-state index in [1.165, 1.54) is 24.9 Å². The van der Waals surface area contributed by atoms with Crippen LogP contribution in [0, 0.1) is 0 Å². The lowest BCUT2D eigenvalue weighted by Crippen LogP contribution is -2.59. The van der Waals surface area contributed by atoms with Crippen LogP contribution in [0.3, 0.4) is 0 Å². The van der Waals surface area contributed by atoms with Crippen LogP contribution < -0.4 is 4.90 Å². The number of benzene rings is 1. The molecule has 0 radical (unpaired) electrons. The van der Waals surface area contributed by atoms with Crippen LogP contribution in [0.2, 0.25) is 0 Å². The SMILES string of the molecule is CN1CCN([C@@H]2CCN(C(=O)c3ccc(N4CCCCC4)cc3)C[C@H]2O)CC1. The van der Waals surface area contributed by atoms with Crippen molar-refractivity contribution in [2.24, 2.45) is 0 Å². The molecule has 6 heteroatoms. The highest BCUT2D eigenvalue weighted by Crippen LogP contribution is 2.23. The highest BCUT2D eigenvalue weighted by atomic mass is 16.3. The third-order valence-corrected chi connectivity index (χ3v) is 6.68. The summed E-state index contributed by atoms with van der Waals surface area (Å²) in [7, 11) is 2.14. The number of piperazine rings is 1. The molecule has 154 valence electrons. The molecule has 4 rings (SSSR count). The Balaban J connectivity index is 1.34. The minimum atomic E-state index is -0.464. The van der Waals surface area contributed by atoms with Crippen LogP contribution in [0.1, 0.15) is 36.0 Å². The van der Waals surface area contributed by atoms with Gasteiger partial charge in [0.1, 0.15) is 0 Å². The van der Waals surface area contributed by atoms with Crippen LogP contribution in [0.25, 0.3) is 0 Å². The maximum atomic E-state index is 12.9. The molecular formula is C22H34N4O2. The summed E-state index contributed by atoms with van der Waals surface area (Å²) in [5.41, 5.74) is 1.94. The Morgan fingerprint density at radius 1 is 0.929 bits per heavy atom. The van der Waals surface area contributed by atoms with E-state index < -0.39 is 6.10 Å². The molecule has 0 aliphatic carbocycles. The van der Waals surface area contributed by atoms with E-state index in [0.717, 1.165) is 57.8 Å². The largest absolute Gasteiger partial charge is 0.390 e. The summed E-state index contributed by atoms with van der Waals surface area (Å²) in [6.45, 7) is 7.49. The number of anilines is 1. The van der Waals surface area contributed by atoms with Crippen LogP contribution in [0.5, 0.6) is 0 Å². The van der Waals surface area contributed by atoms with Gasteiger partial charge in [-0.15, -0.1) is 0 Å². The van der Waals surface area contributed by atoms with Crippen molar-refractivity contribution >= 4 is 11.6 Å². The zero-order valence-electron chi connectivity index (χ0n) is 17.1. The van der Waals surface area contributed by atoms with Gasteiger partial charge in [0.2, 0.25) is 0 Å². The van der Waals surface area contributed by atoms with Crippen molar-refractivity contribution in [3.05, 3.63) is 29.8 Å². The fourth-order valence-electron chi connectivity index (χ4n) is 4.83. The Kier molecular flexibility index (Phi) is 6.19. The molecule has 28 heavy (non-hydrogen) atoms. The molecule has 0 unspecified atom stereocenters. The van der Waals surface area contributed by atoms with Crippen molar-refractivity contribution < 1.29 is 9.90 Å². The number of likely N-dealkylation sites (N-methyl/N-ethyl adjacent to an activating group) is 1. The molecule has 3 heterocycles. The smallest absolute Gasteiger partial charge is 0.253 e. The van der Waals surface area contributed by atoms with E-state index in [1.54, 1.807) is 0 Å². The lowest BCUT2D eigenvalue weighted by molar-refractivity contribution is -0.0219. The van der Waals surface area contributed by atoms with E-state index in [4.69, 9.17) is 0 Å². The molecule has 6 nitrogen and oxygen atoms in total. The van der Waals surface area contributed by atoms with Gasteiger partial charge in [-0.3, -0.25) is 9.69 Å². The Bertz CT molecular complexity index is 651. The monoisotopic (exact) mass is 386 g/mol. The summed E-state index contributed by atoms with van der Waals surface area (Å²) in [6, 6.07) is 8.23. The third kappa shape index (κ3) is 4.34. The summed E-state index contributed by atoms with van der Waals surface area (Å²) in [5.74, 6) is 0.0427. The van der Waals surface area contributed by atoms with Gasteiger partial charge >= 0.3 is 0 Å². The van der Waals surface area contributed by atoms with Gasteiger partial charge in [-0.1, -0.05) is 0 Å². The molecule has 3 fully saturated rings. The number of likely N-dealkylation sites (tertiary alicyclic amines) is 1. The van der Waals surface area contributed by atoms with E-state index in [0.29, 0.717) is 6.54 Å². The summed E-state index contributed by atoms with van der Waals surface area (Å²) in [5, 5.41) is 10.7. The molecule has 0 aromatic heterocycles. The van der Waals surface area contributed by atoms with Crippen molar-refractivity contribution in [1.29, 1.82) is 0 Å². The number of hydrogen-bond acceptors (Lipinski definition) is 5. The molecule has 2 atom stereocenters. The number of hydrogen-bond donors (Lipinski definition) is 1. The van der Waals surface area contributed by atoms with Crippen molar-refractivity contribution in [2.75, 3.05) is 64.3 Å². The standard InChI is InChI=1S/C22H34N4O2/c1-23-13-15-25(16-14-23)20-9-12-26(17-21(20)27)22(28)18-5-7-19(8-6-18)24-10-3-2-4-11-24/h5-8,20-21,27H,2-4,9-17H2,1H3/t20-,21-/m1/s1. The van der Waals surface area contributed by atoms with Crippen molar-refractivity contribution in [2.45, 2.75) is 37.8 Å². The molecule has 0 spiro atoms. The first kappa shape index (κ1) is 19.7. The van der Waals surface area contributed by atoms with Crippen LogP contribution >= 0.6 is 0 Å². The number of piperidine rings is 2. The summed E-state index contributed by atoms with van der Waals surface area (Å²) >= 11 is 0. The number of carbonyl (C=O) groups is 1. The second-order valence-electron chi connectivity index (χ2n) is 8.61. The predicted molar refractivity (Wildman–Crippen MR) is 112 cm³/mol. The van der Waals surface area contributed by atoms with Crippen LogP contribution in [0.15, 0.2) is 24.3 Å². The zero-order valence-corrected chi connectivity index (χ0v) is 17.1. The van der Waals surface area contributed by atoms with Crippen molar-refractivity contribution in [1.82, 2.24) is 14.7 Å². The van der Waals surface area contributed by atoms with Crippen molar-refractivity contribution in [3.63, 3.8) is 0 Å². The van der Waals surface area contributed by atoms with Gasteiger partial charge < -0.3 is 19.8 Å². The maximum absolute atomic E-state index is 12.9. The number of nitrogens with zero attached hydrogens (tertiary/aromatic N) is 4. The molecule has 0 bridgehead atoms. The second-order valence-corrected chi connectivity index (χ2v) is 8.61. The second kappa shape index (κ2) is 8.80. The predicted octanol–water partition coefficient (Wildman–Crippen LogP) is 1.50. The topological polar surface area (TPSA) is 50.3 Å². The fraction of sp³-hybridized carbons (Fsp3) is 0.682. The minimum absolute atomic E-state index is 0.0427. The number of rotatable bonds is 3. The highest BCUT2D eigenvalue weighted by molar-refractivity contribution is 5.94. The van der Waals surface area contributed by atoms with Gasteiger partial charge in [0.15, 0.2) is 0 Å². The number of carbonyl (C=O) groups excluding carboxylic acids is 1. The van der Waals surface area contributed by atoms with Gasteiger partial charge in [-0.25, -0.2) is 0 Å². The van der Waals surface area contributed by atoms with Crippen LogP contribution in [-0.4, -0.2) is 97.3 Å². The number of aliphatic hydroxyl groups excluding tert-OH is 1. The summed E-state index contributed by atoms with van der Waals surface area (Å²) < 4.78 is 0. The minimum Gasteiger partial charge on any atom is -0.390 e. The Morgan fingerprint density at radius 2 is 1.61 bits per heavy atom. The first-order valence-electron chi connectivity index (χ1n) is 10.9. The van der Waals surface area contributed by atoms with Gasteiger partial charge in [0.05, 0.1) is 6.10 Å². The molecule has 3 aliphatic rings. The maximum Gasteiger partial charge on any atom is 0.253 e. The van der Waals surface area contributed by atoms with E-state index in [2.05, 4.69) is 33.9 Å². The van der Waals surface area contributed by atoms with Crippen LogP contribution in [0.4, 0.5) is 5.69 Å². The van der Waals surface area contributed by atoms with Gasteiger partial charge in [-0.2, -0.15) is 0 Å². The third-order valence-electron chi connectivity index (χ3n) is 6.68. The molecule has 1 aromatic carbocycles. The lowest BCUT2D eigenvalue weighted by Gasteiger charge is -2.44. The number of amides is 1. The molecule has 0 saturated carbocycles. The van der Waals surface area contributed by atoms with Gasteiger partial charge in [0, 0.05) is 69.7 Å². The van der Waals surface area contributed by atoms with E-state index in [-0.39, 0.29) is 11.9 Å². The fourth-order valence-corrected chi connectivity index (χ4v) is 4.83. The normalized spacial score (nSPS) is 27.8. The van der Waals surface area contributed by atoms with Gasteiger partial charge in [-0.05, 0) is 57.0 Å². The quantitative estimate of drug-likeness (QED) is 0.853. The van der Waals surface area contributed by atoms with Crippen LogP contribution in [-0.2, 0) is 0 Å². The summed E-state index contributed by atoms with van der Waals surface area (Å²) in [4.78, 5) is 21.9. The average Bonchev–Trinajstić information content (AvgIpc) is 2.75. The molecule has 1 aromatic rings. The lowest BCUT2D eigenvalue weighted by atomic mass is 9.98. The first-order valence-corrected chi connectivity index (χ1v) is 10.9. The van der Waals surface area contributed by atoms with E-state index in [9.17, 15) is 9.90 Å². The number of β-amino-alcohol motifs (C(OH)–C–C–N with tert-alkyl or cyclic N) is 1. The van der Waals surface area contributed by atoms with Crippen molar-refractivity contribution in [3.8, 4) is 0 Å². The zero-order chi connectivity index (χ0) is 19.5. The van der Waals surface area contributed by atoms with Gasteiger partial charge in [0.25, 0.3) is 5.91 Å².